The van der Waals surface area contributed by atoms with E-state index in [9.17, 15) is 4.79 Å². The van der Waals surface area contributed by atoms with Gasteiger partial charge in [0.15, 0.2) is 0 Å². The third-order valence-electron chi connectivity index (χ3n) is 7.49. The van der Waals surface area contributed by atoms with Gasteiger partial charge in [-0.25, -0.2) is 0 Å². The smallest absolute Gasteiger partial charge is 0.254 e. The highest BCUT2D eigenvalue weighted by atomic mass is 16.2. The number of carbonyl (C=O) groups is 1. The topological polar surface area (TPSA) is 38.8 Å². The Hall–Kier alpha value is -2.53. The van der Waals surface area contributed by atoms with Gasteiger partial charge in [0, 0.05) is 43.8 Å². The van der Waals surface area contributed by atoms with E-state index in [1.807, 2.05) is 18.2 Å². The van der Waals surface area contributed by atoms with Crippen LogP contribution in [-0.2, 0) is 6.42 Å². The Labute approximate surface area is 186 Å². The van der Waals surface area contributed by atoms with Crippen LogP contribution in [0.2, 0.25) is 0 Å². The predicted octanol–water partition coefficient (Wildman–Crippen LogP) is 4.21. The zero-order valence-corrected chi connectivity index (χ0v) is 18.6. The summed E-state index contributed by atoms with van der Waals surface area (Å²) in [6, 6.07) is 18.0. The first-order valence-corrected chi connectivity index (χ1v) is 12.0. The second kappa shape index (κ2) is 8.91. The summed E-state index contributed by atoms with van der Waals surface area (Å²) in [7, 11) is 0. The van der Waals surface area contributed by atoms with Gasteiger partial charge in [-0.05, 0) is 55.9 Å². The number of carbonyl (C=O) groups excluding carboxylic acids is 1. The summed E-state index contributed by atoms with van der Waals surface area (Å²) in [6.07, 6.45) is 5.54. The number of amides is 1. The SMILES string of the molecule is CCc1ccccc1C(=O)N1CCC(N2CCC(N3CNc4ccccc43)CC2)CC1. The molecule has 0 radical (unpaired) electrons. The van der Waals surface area contributed by atoms with E-state index in [4.69, 9.17) is 0 Å². The Balaban J connectivity index is 1.14. The molecule has 1 N–H and O–H groups in total. The van der Waals surface area contributed by atoms with Crippen molar-refractivity contribution in [3.8, 4) is 0 Å². The standard InChI is InChI=1S/C26H34N4O/c1-2-20-7-3-4-8-23(20)26(31)29-17-11-21(12-18-29)28-15-13-22(14-16-28)30-19-27-24-9-5-6-10-25(24)30/h3-10,21-22,27H,2,11-19H2,1H3. The number of hydrogen-bond donors (Lipinski definition) is 1. The molecule has 0 aliphatic carbocycles. The summed E-state index contributed by atoms with van der Waals surface area (Å²) >= 11 is 0. The van der Waals surface area contributed by atoms with Crippen molar-refractivity contribution < 1.29 is 4.79 Å². The van der Waals surface area contributed by atoms with Crippen molar-refractivity contribution in [1.29, 1.82) is 0 Å². The average Bonchev–Trinajstić information content (AvgIpc) is 3.28. The van der Waals surface area contributed by atoms with Crippen LogP contribution in [0, 0.1) is 0 Å². The lowest BCUT2D eigenvalue weighted by molar-refractivity contribution is 0.0577. The number of rotatable bonds is 4. The summed E-state index contributed by atoms with van der Waals surface area (Å²) in [5.74, 6) is 0.217. The number of likely N-dealkylation sites (tertiary alicyclic amines) is 2. The number of nitrogens with zero attached hydrogens (tertiary/aromatic N) is 3. The summed E-state index contributed by atoms with van der Waals surface area (Å²) in [5.41, 5.74) is 4.69. The number of nitrogens with one attached hydrogen (secondary N) is 1. The van der Waals surface area contributed by atoms with Crippen LogP contribution in [0.15, 0.2) is 48.5 Å². The third kappa shape index (κ3) is 4.03. The minimum absolute atomic E-state index is 0.217. The van der Waals surface area contributed by atoms with Crippen molar-refractivity contribution in [2.45, 2.75) is 51.1 Å². The Bertz CT molecular complexity index is 913. The predicted molar refractivity (Wildman–Crippen MR) is 127 cm³/mol. The van der Waals surface area contributed by atoms with Gasteiger partial charge in [-0.15, -0.1) is 0 Å². The van der Waals surface area contributed by atoms with Gasteiger partial charge in [0.25, 0.3) is 5.91 Å². The lowest BCUT2D eigenvalue weighted by atomic mass is 9.96. The van der Waals surface area contributed by atoms with Crippen molar-refractivity contribution in [2.24, 2.45) is 0 Å². The van der Waals surface area contributed by atoms with Crippen LogP contribution >= 0.6 is 0 Å². The number of hydrogen-bond acceptors (Lipinski definition) is 4. The number of fused-ring (bicyclic) bond motifs is 1. The largest absolute Gasteiger partial charge is 0.366 e. The molecule has 3 aliphatic rings. The fourth-order valence-corrected chi connectivity index (χ4v) is 5.66. The molecule has 5 nitrogen and oxygen atoms in total. The third-order valence-corrected chi connectivity index (χ3v) is 7.49. The molecule has 31 heavy (non-hydrogen) atoms. The van der Waals surface area contributed by atoms with E-state index >= 15 is 0 Å². The van der Waals surface area contributed by atoms with Crippen molar-refractivity contribution in [3.05, 3.63) is 59.7 Å². The maximum Gasteiger partial charge on any atom is 0.254 e. The number of piperidine rings is 2. The Morgan fingerprint density at radius 3 is 2.35 bits per heavy atom. The fraction of sp³-hybridized carbons (Fsp3) is 0.500. The maximum absolute atomic E-state index is 13.1. The van der Waals surface area contributed by atoms with Crippen LogP contribution in [0.4, 0.5) is 11.4 Å². The molecular weight excluding hydrogens is 384 g/mol. The van der Waals surface area contributed by atoms with E-state index in [0.717, 1.165) is 50.1 Å². The van der Waals surface area contributed by atoms with Crippen LogP contribution in [0.25, 0.3) is 0 Å². The van der Waals surface area contributed by atoms with Crippen LogP contribution in [0.3, 0.4) is 0 Å². The Kier molecular flexibility index (Phi) is 5.86. The number of benzene rings is 2. The summed E-state index contributed by atoms with van der Waals surface area (Å²) in [6.45, 7) is 7.15. The van der Waals surface area contributed by atoms with E-state index < -0.39 is 0 Å². The van der Waals surface area contributed by atoms with E-state index in [-0.39, 0.29) is 5.91 Å². The molecule has 0 unspecified atom stereocenters. The highest BCUT2D eigenvalue weighted by Gasteiger charge is 2.33. The van der Waals surface area contributed by atoms with Gasteiger partial charge in [-0.3, -0.25) is 4.79 Å². The van der Waals surface area contributed by atoms with Crippen LogP contribution in [-0.4, -0.2) is 60.6 Å². The molecule has 3 aliphatic heterocycles. The van der Waals surface area contributed by atoms with E-state index in [2.05, 4.69) is 57.3 Å². The second-order valence-electron chi connectivity index (χ2n) is 9.12. The first-order valence-electron chi connectivity index (χ1n) is 12.0. The molecule has 0 atom stereocenters. The number of para-hydroxylation sites is 2. The van der Waals surface area contributed by atoms with Crippen molar-refractivity contribution in [1.82, 2.24) is 9.80 Å². The minimum Gasteiger partial charge on any atom is -0.366 e. The highest BCUT2D eigenvalue weighted by Crippen LogP contribution is 2.35. The van der Waals surface area contributed by atoms with Gasteiger partial charge in [-0.1, -0.05) is 37.3 Å². The van der Waals surface area contributed by atoms with E-state index in [0.29, 0.717) is 12.1 Å². The number of aryl methyl sites for hydroxylation is 1. The van der Waals surface area contributed by atoms with Gasteiger partial charge in [0.2, 0.25) is 0 Å². The molecule has 5 heteroatoms. The maximum atomic E-state index is 13.1. The first-order chi connectivity index (χ1) is 15.2. The summed E-state index contributed by atoms with van der Waals surface area (Å²) in [4.78, 5) is 20.4. The molecule has 1 amide bonds. The molecular formula is C26H34N4O. The Morgan fingerprint density at radius 1 is 0.903 bits per heavy atom. The fourth-order valence-electron chi connectivity index (χ4n) is 5.66. The monoisotopic (exact) mass is 418 g/mol. The van der Waals surface area contributed by atoms with E-state index in [1.54, 1.807) is 0 Å². The molecule has 164 valence electrons. The molecule has 3 heterocycles. The second-order valence-corrected chi connectivity index (χ2v) is 9.12. The van der Waals surface area contributed by atoms with Crippen LogP contribution in [0.5, 0.6) is 0 Å². The van der Waals surface area contributed by atoms with Crippen LogP contribution < -0.4 is 10.2 Å². The zero-order chi connectivity index (χ0) is 21.2. The molecule has 2 aromatic rings. The van der Waals surface area contributed by atoms with Crippen molar-refractivity contribution in [2.75, 3.05) is 43.1 Å². The molecule has 0 bridgehead atoms. The van der Waals surface area contributed by atoms with Crippen molar-refractivity contribution >= 4 is 17.3 Å². The van der Waals surface area contributed by atoms with Gasteiger partial charge < -0.3 is 20.0 Å². The lowest BCUT2D eigenvalue weighted by Crippen LogP contribution is -2.52. The molecule has 2 aromatic carbocycles. The van der Waals surface area contributed by atoms with Gasteiger partial charge in [0.05, 0.1) is 18.0 Å². The lowest BCUT2D eigenvalue weighted by Gasteiger charge is -2.43. The first kappa shape index (κ1) is 20.4. The van der Waals surface area contributed by atoms with Gasteiger partial charge in [0.1, 0.15) is 0 Å². The minimum atomic E-state index is 0.217. The molecule has 0 aromatic heterocycles. The van der Waals surface area contributed by atoms with Gasteiger partial charge >= 0.3 is 0 Å². The normalized spacial score (nSPS) is 20.5. The summed E-state index contributed by atoms with van der Waals surface area (Å²) in [5, 5.41) is 3.53. The van der Waals surface area contributed by atoms with Crippen molar-refractivity contribution in [3.63, 3.8) is 0 Å². The molecule has 2 fully saturated rings. The van der Waals surface area contributed by atoms with Crippen LogP contribution in [0.1, 0.15) is 48.5 Å². The zero-order valence-electron chi connectivity index (χ0n) is 18.6. The van der Waals surface area contributed by atoms with Gasteiger partial charge in [-0.2, -0.15) is 0 Å². The molecule has 0 saturated carbocycles. The highest BCUT2D eigenvalue weighted by molar-refractivity contribution is 5.95. The Morgan fingerprint density at radius 2 is 1.58 bits per heavy atom. The quantitative estimate of drug-likeness (QED) is 0.807. The number of anilines is 2. The molecule has 0 spiro atoms. The molecule has 5 rings (SSSR count). The molecule has 2 saturated heterocycles. The summed E-state index contributed by atoms with van der Waals surface area (Å²) < 4.78 is 0. The van der Waals surface area contributed by atoms with E-state index in [1.165, 1.54) is 37.3 Å². The average molecular weight is 419 g/mol.